The molecule has 0 aliphatic heterocycles. The van der Waals surface area contributed by atoms with Crippen molar-refractivity contribution >= 4 is 0 Å². The zero-order chi connectivity index (χ0) is 13.4. The van der Waals surface area contributed by atoms with Gasteiger partial charge in [-0.05, 0) is 51.1 Å². The van der Waals surface area contributed by atoms with Crippen LogP contribution in [0, 0.1) is 12.8 Å². The van der Waals surface area contributed by atoms with Crippen LogP contribution in [0.25, 0.3) is 0 Å². The van der Waals surface area contributed by atoms with Crippen LogP contribution < -0.4 is 5.32 Å². The predicted octanol–water partition coefficient (Wildman–Crippen LogP) is 2.92. The van der Waals surface area contributed by atoms with Crippen LogP contribution in [0.2, 0.25) is 0 Å². The molecule has 0 saturated carbocycles. The maximum atomic E-state index is 8.85. The third kappa shape index (κ3) is 6.18. The third-order valence-corrected chi connectivity index (χ3v) is 3.42. The average Bonchev–Trinajstić information content (AvgIpc) is 2.36. The van der Waals surface area contributed by atoms with Crippen molar-refractivity contribution < 1.29 is 5.11 Å². The summed E-state index contributed by atoms with van der Waals surface area (Å²) in [6.07, 6.45) is 3.18. The summed E-state index contributed by atoms with van der Waals surface area (Å²) < 4.78 is 0. The molecule has 0 amide bonds. The van der Waals surface area contributed by atoms with Gasteiger partial charge in [0.05, 0.1) is 0 Å². The second kappa shape index (κ2) is 8.28. The van der Waals surface area contributed by atoms with Crippen molar-refractivity contribution in [1.29, 1.82) is 0 Å². The standard InChI is InChI=1S/C16H27NO/c1-13-4-7-16(8-5-13)9-6-15(3)17-12-14(2)10-11-18/h4-5,7-8,14-15,17-18H,6,9-12H2,1-3H3. The van der Waals surface area contributed by atoms with Gasteiger partial charge in [-0.25, -0.2) is 0 Å². The van der Waals surface area contributed by atoms with E-state index in [1.807, 2.05) is 0 Å². The van der Waals surface area contributed by atoms with Gasteiger partial charge in [-0.1, -0.05) is 36.8 Å². The fourth-order valence-corrected chi connectivity index (χ4v) is 1.96. The summed E-state index contributed by atoms with van der Waals surface area (Å²) in [6.45, 7) is 7.82. The topological polar surface area (TPSA) is 32.3 Å². The Kier molecular flexibility index (Phi) is 6.99. The van der Waals surface area contributed by atoms with E-state index in [2.05, 4.69) is 50.4 Å². The van der Waals surface area contributed by atoms with Gasteiger partial charge in [-0.15, -0.1) is 0 Å². The predicted molar refractivity (Wildman–Crippen MR) is 77.8 cm³/mol. The van der Waals surface area contributed by atoms with Crippen LogP contribution >= 0.6 is 0 Å². The minimum Gasteiger partial charge on any atom is -0.396 e. The molecular weight excluding hydrogens is 222 g/mol. The summed E-state index contributed by atoms with van der Waals surface area (Å²) in [6, 6.07) is 9.33. The van der Waals surface area contributed by atoms with E-state index in [0.717, 1.165) is 25.8 Å². The van der Waals surface area contributed by atoms with Crippen molar-refractivity contribution in [2.45, 2.75) is 46.1 Å². The minimum absolute atomic E-state index is 0.292. The fourth-order valence-electron chi connectivity index (χ4n) is 1.96. The fraction of sp³-hybridized carbons (Fsp3) is 0.625. The molecule has 1 aromatic rings. The number of benzene rings is 1. The van der Waals surface area contributed by atoms with Crippen LogP contribution in [0.3, 0.4) is 0 Å². The van der Waals surface area contributed by atoms with E-state index in [1.54, 1.807) is 0 Å². The molecule has 0 fully saturated rings. The van der Waals surface area contributed by atoms with Crippen LogP contribution in [0.5, 0.6) is 0 Å². The zero-order valence-corrected chi connectivity index (χ0v) is 11.9. The first-order valence-corrected chi connectivity index (χ1v) is 7.01. The Morgan fingerprint density at radius 2 is 1.78 bits per heavy atom. The largest absolute Gasteiger partial charge is 0.396 e. The molecule has 2 atom stereocenters. The Balaban J connectivity index is 2.20. The Labute approximate surface area is 111 Å². The molecule has 0 aliphatic rings. The van der Waals surface area contributed by atoms with Gasteiger partial charge in [0, 0.05) is 12.6 Å². The highest BCUT2D eigenvalue weighted by molar-refractivity contribution is 5.21. The van der Waals surface area contributed by atoms with Crippen molar-refractivity contribution in [3.63, 3.8) is 0 Å². The lowest BCUT2D eigenvalue weighted by Gasteiger charge is -2.17. The van der Waals surface area contributed by atoms with Crippen LogP contribution in [0.4, 0.5) is 0 Å². The van der Waals surface area contributed by atoms with Gasteiger partial charge in [0.1, 0.15) is 0 Å². The smallest absolute Gasteiger partial charge is 0.0434 e. The molecule has 0 heterocycles. The van der Waals surface area contributed by atoms with Crippen molar-refractivity contribution in [3.8, 4) is 0 Å². The average molecular weight is 249 g/mol. The molecule has 2 N–H and O–H groups in total. The van der Waals surface area contributed by atoms with Gasteiger partial charge >= 0.3 is 0 Å². The van der Waals surface area contributed by atoms with E-state index < -0.39 is 0 Å². The molecule has 2 heteroatoms. The van der Waals surface area contributed by atoms with Gasteiger partial charge in [-0.2, -0.15) is 0 Å². The normalized spacial score (nSPS) is 14.4. The highest BCUT2D eigenvalue weighted by Crippen LogP contribution is 2.08. The van der Waals surface area contributed by atoms with Crippen molar-refractivity contribution in [3.05, 3.63) is 35.4 Å². The minimum atomic E-state index is 0.292. The lowest BCUT2D eigenvalue weighted by Crippen LogP contribution is -2.31. The molecule has 0 spiro atoms. The molecule has 102 valence electrons. The molecule has 0 saturated heterocycles. The van der Waals surface area contributed by atoms with Crippen molar-refractivity contribution in [1.82, 2.24) is 5.32 Å². The lowest BCUT2D eigenvalue weighted by molar-refractivity contribution is 0.257. The van der Waals surface area contributed by atoms with Gasteiger partial charge in [0.2, 0.25) is 0 Å². The summed E-state index contributed by atoms with van der Waals surface area (Å²) >= 11 is 0. The van der Waals surface area contributed by atoms with E-state index in [0.29, 0.717) is 18.6 Å². The van der Waals surface area contributed by atoms with E-state index in [4.69, 9.17) is 5.11 Å². The van der Waals surface area contributed by atoms with E-state index in [1.165, 1.54) is 11.1 Å². The van der Waals surface area contributed by atoms with Gasteiger partial charge in [0.15, 0.2) is 0 Å². The second-order valence-electron chi connectivity index (χ2n) is 5.45. The van der Waals surface area contributed by atoms with E-state index in [-0.39, 0.29) is 0 Å². The molecule has 0 aromatic heterocycles. The molecule has 0 bridgehead atoms. The van der Waals surface area contributed by atoms with E-state index in [9.17, 15) is 0 Å². The molecule has 2 unspecified atom stereocenters. The monoisotopic (exact) mass is 249 g/mol. The first-order valence-electron chi connectivity index (χ1n) is 7.01. The SMILES string of the molecule is Cc1ccc(CCC(C)NCC(C)CCO)cc1. The molecule has 0 aliphatic carbocycles. The summed E-state index contributed by atoms with van der Waals surface area (Å²) in [5, 5.41) is 12.4. The first-order chi connectivity index (χ1) is 8.61. The van der Waals surface area contributed by atoms with Crippen LogP contribution in [0.1, 0.15) is 37.8 Å². The summed E-state index contributed by atoms with van der Waals surface area (Å²) in [5.41, 5.74) is 2.74. The summed E-state index contributed by atoms with van der Waals surface area (Å²) in [4.78, 5) is 0. The van der Waals surface area contributed by atoms with Crippen LogP contribution in [0.15, 0.2) is 24.3 Å². The lowest BCUT2D eigenvalue weighted by atomic mass is 10.0. The Morgan fingerprint density at radius 3 is 2.39 bits per heavy atom. The Morgan fingerprint density at radius 1 is 1.11 bits per heavy atom. The number of hydrogen-bond acceptors (Lipinski definition) is 2. The number of rotatable bonds is 8. The third-order valence-electron chi connectivity index (χ3n) is 3.42. The molecule has 0 radical (unpaired) electrons. The number of aryl methyl sites for hydroxylation is 2. The summed E-state index contributed by atoms with van der Waals surface area (Å²) in [5.74, 6) is 0.553. The second-order valence-corrected chi connectivity index (χ2v) is 5.45. The van der Waals surface area contributed by atoms with Crippen LogP contribution in [-0.2, 0) is 6.42 Å². The maximum absolute atomic E-state index is 8.85. The molecule has 2 nitrogen and oxygen atoms in total. The number of hydrogen-bond donors (Lipinski definition) is 2. The van der Waals surface area contributed by atoms with Crippen molar-refractivity contribution in [2.24, 2.45) is 5.92 Å². The summed E-state index contributed by atoms with van der Waals surface area (Å²) in [7, 11) is 0. The molecule has 1 aromatic carbocycles. The molecule has 1 rings (SSSR count). The van der Waals surface area contributed by atoms with Gasteiger partial charge in [0.25, 0.3) is 0 Å². The van der Waals surface area contributed by atoms with E-state index >= 15 is 0 Å². The number of nitrogens with one attached hydrogen (secondary N) is 1. The van der Waals surface area contributed by atoms with Gasteiger partial charge < -0.3 is 10.4 Å². The van der Waals surface area contributed by atoms with Gasteiger partial charge in [-0.3, -0.25) is 0 Å². The quantitative estimate of drug-likeness (QED) is 0.742. The number of aliphatic hydroxyl groups is 1. The Hall–Kier alpha value is -0.860. The molecule has 18 heavy (non-hydrogen) atoms. The Bertz CT molecular complexity index is 320. The van der Waals surface area contributed by atoms with Crippen molar-refractivity contribution in [2.75, 3.05) is 13.2 Å². The molecular formula is C16H27NO. The van der Waals surface area contributed by atoms with Crippen LogP contribution in [-0.4, -0.2) is 24.3 Å². The zero-order valence-electron chi connectivity index (χ0n) is 11.9. The maximum Gasteiger partial charge on any atom is 0.0434 e. The highest BCUT2D eigenvalue weighted by atomic mass is 16.3. The number of aliphatic hydroxyl groups excluding tert-OH is 1. The highest BCUT2D eigenvalue weighted by Gasteiger charge is 2.05. The first kappa shape index (κ1) is 15.2.